The van der Waals surface area contributed by atoms with Gasteiger partial charge in [-0.25, -0.2) is 4.98 Å². The van der Waals surface area contributed by atoms with Gasteiger partial charge in [-0.1, -0.05) is 0 Å². The predicted octanol–water partition coefficient (Wildman–Crippen LogP) is 1.61. The number of nitrogens with zero attached hydrogens (tertiary/aromatic N) is 2. The second-order valence-corrected chi connectivity index (χ2v) is 4.94. The number of hydrogen-bond acceptors (Lipinski definition) is 6. The third kappa shape index (κ3) is 3.29. The standard InChI is InChI=1S/C12H12N4O3S/c13-9-2-1-8(7-10(9)16(18)19)12(17)15-4-3-11-14-5-6-20-11/h1-2,5-7H,3-4,13H2,(H,15,17). The number of nitrogens with two attached hydrogens (primary N) is 1. The number of hydrogen-bond donors (Lipinski definition) is 2. The Morgan fingerprint density at radius 2 is 2.30 bits per heavy atom. The molecule has 0 aliphatic carbocycles. The lowest BCUT2D eigenvalue weighted by Crippen LogP contribution is -2.25. The third-order valence-corrected chi connectivity index (χ3v) is 3.44. The molecular weight excluding hydrogens is 280 g/mol. The van der Waals surface area contributed by atoms with Crippen molar-refractivity contribution in [3.63, 3.8) is 0 Å². The molecule has 1 aromatic heterocycles. The van der Waals surface area contributed by atoms with Gasteiger partial charge in [0.2, 0.25) is 0 Å². The number of thiazole rings is 1. The zero-order chi connectivity index (χ0) is 14.5. The molecule has 0 fully saturated rings. The first kappa shape index (κ1) is 13.9. The summed E-state index contributed by atoms with van der Waals surface area (Å²) >= 11 is 1.51. The molecule has 0 unspecified atom stereocenters. The van der Waals surface area contributed by atoms with Crippen LogP contribution in [0.1, 0.15) is 15.4 Å². The number of benzene rings is 1. The summed E-state index contributed by atoms with van der Waals surface area (Å²) in [5, 5.41) is 16.2. The first-order valence-corrected chi connectivity index (χ1v) is 6.66. The second-order valence-electron chi connectivity index (χ2n) is 3.96. The van der Waals surface area contributed by atoms with E-state index in [-0.39, 0.29) is 22.8 Å². The highest BCUT2D eigenvalue weighted by Crippen LogP contribution is 2.22. The van der Waals surface area contributed by atoms with E-state index in [0.29, 0.717) is 13.0 Å². The summed E-state index contributed by atoms with van der Waals surface area (Å²) in [4.78, 5) is 26.1. The van der Waals surface area contributed by atoms with E-state index in [0.717, 1.165) is 5.01 Å². The van der Waals surface area contributed by atoms with Crippen LogP contribution in [0.25, 0.3) is 0 Å². The van der Waals surface area contributed by atoms with Crippen LogP contribution < -0.4 is 11.1 Å². The molecule has 1 heterocycles. The zero-order valence-electron chi connectivity index (χ0n) is 10.4. The van der Waals surface area contributed by atoms with Crippen molar-refractivity contribution in [2.24, 2.45) is 0 Å². The molecule has 1 aromatic carbocycles. The maximum atomic E-state index is 11.9. The number of amides is 1. The molecule has 0 spiro atoms. The van der Waals surface area contributed by atoms with E-state index in [1.807, 2.05) is 5.38 Å². The normalized spacial score (nSPS) is 10.2. The number of carbonyl (C=O) groups excluding carboxylic acids is 1. The minimum absolute atomic E-state index is 0.0364. The van der Waals surface area contributed by atoms with Crippen molar-refractivity contribution in [1.29, 1.82) is 0 Å². The molecule has 2 aromatic rings. The largest absolute Gasteiger partial charge is 0.393 e. The van der Waals surface area contributed by atoms with Crippen LogP contribution in [-0.4, -0.2) is 22.4 Å². The topological polar surface area (TPSA) is 111 Å². The van der Waals surface area contributed by atoms with Crippen molar-refractivity contribution in [3.05, 3.63) is 50.5 Å². The SMILES string of the molecule is Nc1ccc(C(=O)NCCc2nccs2)cc1[N+](=O)[O-]. The maximum Gasteiger partial charge on any atom is 0.292 e. The summed E-state index contributed by atoms with van der Waals surface area (Å²) in [5.41, 5.74) is 5.46. The van der Waals surface area contributed by atoms with Crippen LogP contribution in [0.4, 0.5) is 11.4 Å². The number of rotatable bonds is 5. The predicted molar refractivity (Wildman–Crippen MR) is 75.7 cm³/mol. The lowest BCUT2D eigenvalue weighted by Gasteiger charge is -2.05. The lowest BCUT2D eigenvalue weighted by atomic mass is 10.1. The molecule has 7 nitrogen and oxygen atoms in total. The average molecular weight is 292 g/mol. The Balaban J connectivity index is 1.98. The monoisotopic (exact) mass is 292 g/mol. The summed E-state index contributed by atoms with van der Waals surface area (Å²) in [7, 11) is 0. The van der Waals surface area contributed by atoms with Crippen molar-refractivity contribution >= 4 is 28.6 Å². The van der Waals surface area contributed by atoms with Gasteiger partial charge >= 0.3 is 0 Å². The van der Waals surface area contributed by atoms with E-state index in [1.54, 1.807) is 6.20 Å². The number of nitrogens with one attached hydrogen (secondary N) is 1. The number of nitro groups is 1. The van der Waals surface area contributed by atoms with Crippen LogP contribution in [0, 0.1) is 10.1 Å². The van der Waals surface area contributed by atoms with Gasteiger partial charge in [0.1, 0.15) is 5.69 Å². The lowest BCUT2D eigenvalue weighted by molar-refractivity contribution is -0.383. The molecular formula is C12H12N4O3S. The Kier molecular flexibility index (Phi) is 4.26. The van der Waals surface area contributed by atoms with Gasteiger partial charge in [0, 0.05) is 36.2 Å². The Morgan fingerprint density at radius 1 is 1.50 bits per heavy atom. The summed E-state index contributed by atoms with van der Waals surface area (Å²) in [5.74, 6) is -0.371. The van der Waals surface area contributed by atoms with Crippen molar-refractivity contribution < 1.29 is 9.72 Å². The molecule has 0 radical (unpaired) electrons. The summed E-state index contributed by atoms with van der Waals surface area (Å²) in [6, 6.07) is 3.99. The molecule has 0 aliphatic rings. The van der Waals surface area contributed by atoms with Crippen LogP contribution in [0.2, 0.25) is 0 Å². The number of anilines is 1. The highest BCUT2D eigenvalue weighted by atomic mass is 32.1. The van der Waals surface area contributed by atoms with Gasteiger partial charge in [0.15, 0.2) is 0 Å². The van der Waals surface area contributed by atoms with Gasteiger partial charge in [-0.2, -0.15) is 0 Å². The van der Waals surface area contributed by atoms with Gasteiger partial charge in [0.25, 0.3) is 11.6 Å². The van der Waals surface area contributed by atoms with Crippen molar-refractivity contribution in [2.75, 3.05) is 12.3 Å². The maximum absolute atomic E-state index is 11.9. The molecule has 2 rings (SSSR count). The highest BCUT2D eigenvalue weighted by molar-refractivity contribution is 7.09. The highest BCUT2D eigenvalue weighted by Gasteiger charge is 2.15. The van der Waals surface area contributed by atoms with E-state index < -0.39 is 4.92 Å². The number of carbonyl (C=O) groups is 1. The Hall–Kier alpha value is -2.48. The van der Waals surface area contributed by atoms with Crippen LogP contribution in [0.15, 0.2) is 29.8 Å². The van der Waals surface area contributed by atoms with Crippen LogP contribution in [-0.2, 0) is 6.42 Å². The Morgan fingerprint density at radius 3 is 2.95 bits per heavy atom. The van der Waals surface area contributed by atoms with E-state index in [9.17, 15) is 14.9 Å². The quantitative estimate of drug-likeness (QED) is 0.494. The average Bonchev–Trinajstić information content (AvgIpc) is 2.92. The molecule has 1 amide bonds. The minimum atomic E-state index is -0.609. The van der Waals surface area contributed by atoms with Gasteiger partial charge < -0.3 is 11.1 Å². The third-order valence-electron chi connectivity index (χ3n) is 2.60. The number of nitrogen functional groups attached to an aromatic ring is 1. The fraction of sp³-hybridized carbons (Fsp3) is 0.167. The fourth-order valence-electron chi connectivity index (χ4n) is 1.60. The van der Waals surface area contributed by atoms with E-state index in [1.165, 1.54) is 29.5 Å². The van der Waals surface area contributed by atoms with Gasteiger partial charge in [0.05, 0.1) is 9.93 Å². The first-order chi connectivity index (χ1) is 9.58. The second kappa shape index (κ2) is 6.11. The van der Waals surface area contributed by atoms with Gasteiger partial charge in [-0.15, -0.1) is 11.3 Å². The molecule has 104 valence electrons. The Labute approximate surface area is 118 Å². The molecule has 3 N–H and O–H groups in total. The van der Waals surface area contributed by atoms with Crippen molar-refractivity contribution in [1.82, 2.24) is 10.3 Å². The van der Waals surface area contributed by atoms with Gasteiger partial charge in [-0.3, -0.25) is 14.9 Å². The van der Waals surface area contributed by atoms with Crippen LogP contribution in [0.5, 0.6) is 0 Å². The molecule has 0 saturated heterocycles. The molecule has 0 aliphatic heterocycles. The molecule has 20 heavy (non-hydrogen) atoms. The summed E-state index contributed by atoms with van der Waals surface area (Å²) < 4.78 is 0. The van der Waals surface area contributed by atoms with E-state index in [4.69, 9.17) is 5.73 Å². The number of nitro benzene ring substituents is 1. The van der Waals surface area contributed by atoms with Crippen molar-refractivity contribution in [2.45, 2.75) is 6.42 Å². The summed E-state index contributed by atoms with van der Waals surface area (Å²) in [6.45, 7) is 0.421. The zero-order valence-corrected chi connectivity index (χ0v) is 11.2. The molecule has 0 atom stereocenters. The summed E-state index contributed by atoms with van der Waals surface area (Å²) in [6.07, 6.45) is 2.33. The minimum Gasteiger partial charge on any atom is -0.393 e. The van der Waals surface area contributed by atoms with Crippen LogP contribution >= 0.6 is 11.3 Å². The van der Waals surface area contributed by atoms with E-state index in [2.05, 4.69) is 10.3 Å². The number of aromatic nitrogens is 1. The van der Waals surface area contributed by atoms with Crippen molar-refractivity contribution in [3.8, 4) is 0 Å². The van der Waals surface area contributed by atoms with E-state index >= 15 is 0 Å². The van der Waals surface area contributed by atoms with Gasteiger partial charge in [-0.05, 0) is 12.1 Å². The molecule has 0 saturated carbocycles. The van der Waals surface area contributed by atoms with Crippen LogP contribution in [0.3, 0.4) is 0 Å². The smallest absolute Gasteiger partial charge is 0.292 e. The fourth-order valence-corrected chi connectivity index (χ4v) is 2.22. The molecule has 0 bridgehead atoms. The first-order valence-electron chi connectivity index (χ1n) is 5.78. The molecule has 8 heteroatoms. The Bertz CT molecular complexity index is 628.